The number of fused-ring (bicyclic) bond motifs is 1. The van der Waals surface area contributed by atoms with Gasteiger partial charge in [-0.2, -0.15) is 0 Å². The van der Waals surface area contributed by atoms with Gasteiger partial charge in [0.15, 0.2) is 17.4 Å². The minimum Gasteiger partial charge on any atom is -0.450 e. The molecule has 0 atom stereocenters. The number of aromatic nitrogens is 1. The van der Waals surface area contributed by atoms with E-state index in [1.54, 1.807) is 6.07 Å². The Balaban J connectivity index is 1.98. The van der Waals surface area contributed by atoms with Crippen LogP contribution in [0, 0.1) is 11.6 Å². The predicted molar refractivity (Wildman–Crippen MR) is 74.1 cm³/mol. The molecule has 0 aliphatic rings. The first kappa shape index (κ1) is 13.5. The quantitative estimate of drug-likeness (QED) is 0.796. The topological polar surface area (TPSA) is 42.4 Å². The lowest BCUT2D eigenvalue weighted by Gasteiger charge is -2.09. The fourth-order valence-electron chi connectivity index (χ4n) is 2.03. The highest BCUT2D eigenvalue weighted by molar-refractivity contribution is 5.79. The zero-order chi connectivity index (χ0) is 14.8. The molecule has 2 aromatic carbocycles. The van der Waals surface area contributed by atoms with Gasteiger partial charge >= 0.3 is 0 Å². The van der Waals surface area contributed by atoms with Gasteiger partial charge in [-0.05, 0) is 29.8 Å². The highest BCUT2D eigenvalue weighted by Crippen LogP contribution is 2.29. The average Bonchev–Trinajstić information content (AvgIpc) is 2.50. The molecule has 3 aromatic rings. The van der Waals surface area contributed by atoms with Crippen LogP contribution in [0.1, 0.15) is 5.56 Å². The monoisotopic (exact) mass is 287 g/mol. The van der Waals surface area contributed by atoms with E-state index in [0.29, 0.717) is 0 Å². The van der Waals surface area contributed by atoms with Crippen LogP contribution >= 0.6 is 0 Å². The molecule has 3 rings (SSSR count). The minimum absolute atomic E-state index is 0.147. The summed E-state index contributed by atoms with van der Waals surface area (Å²) >= 11 is 0. The molecule has 0 saturated heterocycles. The summed E-state index contributed by atoms with van der Waals surface area (Å²) in [7, 11) is 0. The van der Waals surface area contributed by atoms with E-state index in [0.717, 1.165) is 23.0 Å². The van der Waals surface area contributed by atoms with Gasteiger partial charge in [-0.1, -0.05) is 18.2 Å². The zero-order valence-electron chi connectivity index (χ0n) is 10.9. The lowest BCUT2D eigenvalue weighted by molar-refractivity contribution is 0.279. The molecule has 0 saturated carbocycles. The molecule has 21 heavy (non-hydrogen) atoms. The second-order valence-electron chi connectivity index (χ2n) is 4.51. The van der Waals surface area contributed by atoms with Gasteiger partial charge in [-0.15, -0.1) is 0 Å². The molecule has 1 heterocycles. The van der Waals surface area contributed by atoms with Crippen LogP contribution in [0.5, 0.6) is 11.5 Å². The summed E-state index contributed by atoms with van der Waals surface area (Å²) in [6.07, 6.45) is 1.40. The number of hydrogen-bond acceptors (Lipinski definition) is 3. The molecule has 0 spiro atoms. The van der Waals surface area contributed by atoms with Crippen LogP contribution in [0.15, 0.2) is 48.7 Å². The van der Waals surface area contributed by atoms with Crippen molar-refractivity contribution in [3.05, 3.63) is 65.9 Å². The van der Waals surface area contributed by atoms with E-state index in [-0.39, 0.29) is 11.3 Å². The summed E-state index contributed by atoms with van der Waals surface area (Å²) in [5.41, 5.74) is 0.912. The summed E-state index contributed by atoms with van der Waals surface area (Å²) < 4.78 is 32.9. The largest absolute Gasteiger partial charge is 0.450 e. The van der Waals surface area contributed by atoms with Crippen molar-refractivity contribution < 1.29 is 18.6 Å². The first-order valence-corrected chi connectivity index (χ1v) is 6.29. The third-order valence-electron chi connectivity index (χ3n) is 3.03. The Bertz CT molecular complexity index is 782. The van der Waals surface area contributed by atoms with Gasteiger partial charge in [-0.3, -0.25) is 4.98 Å². The molecule has 0 radical (unpaired) electrons. The van der Waals surface area contributed by atoms with Gasteiger partial charge in [0.05, 0.1) is 18.3 Å². The van der Waals surface area contributed by atoms with Gasteiger partial charge in [0, 0.05) is 5.39 Å². The number of nitrogens with zero attached hydrogens (tertiary/aromatic N) is 1. The van der Waals surface area contributed by atoms with Crippen molar-refractivity contribution in [2.24, 2.45) is 0 Å². The first-order chi connectivity index (χ1) is 10.2. The van der Waals surface area contributed by atoms with Crippen molar-refractivity contribution in [1.82, 2.24) is 4.98 Å². The van der Waals surface area contributed by atoms with Crippen LogP contribution in [0.25, 0.3) is 10.9 Å². The number of para-hydroxylation sites is 1. The maximum atomic E-state index is 13.8. The van der Waals surface area contributed by atoms with E-state index in [1.165, 1.54) is 6.20 Å². The predicted octanol–water partition coefficient (Wildman–Crippen LogP) is 3.80. The minimum atomic E-state index is -0.868. The Morgan fingerprint density at radius 2 is 1.76 bits per heavy atom. The molecule has 1 N–H and O–H groups in total. The number of rotatable bonds is 3. The Labute approximate surface area is 119 Å². The van der Waals surface area contributed by atoms with Gasteiger partial charge < -0.3 is 9.84 Å². The second-order valence-corrected chi connectivity index (χ2v) is 4.51. The Morgan fingerprint density at radius 1 is 1.05 bits per heavy atom. The standard InChI is InChI=1S/C16H11F2NO2/c17-13-5-10(9-20)6-14(18)16(13)21-12-7-11-3-1-2-4-15(11)19-8-12/h1-8,20H,9H2. The van der Waals surface area contributed by atoms with Crippen LogP contribution in [0.4, 0.5) is 8.78 Å². The van der Waals surface area contributed by atoms with Crippen molar-refractivity contribution in [1.29, 1.82) is 0 Å². The lowest BCUT2D eigenvalue weighted by atomic mass is 10.2. The van der Waals surface area contributed by atoms with E-state index in [9.17, 15) is 8.78 Å². The summed E-state index contributed by atoms with van der Waals surface area (Å²) in [5, 5.41) is 9.71. The number of halogens is 2. The van der Waals surface area contributed by atoms with Crippen molar-refractivity contribution in [2.75, 3.05) is 0 Å². The highest BCUT2D eigenvalue weighted by atomic mass is 19.1. The number of aliphatic hydroxyl groups is 1. The summed E-state index contributed by atoms with van der Waals surface area (Å²) in [4.78, 5) is 4.16. The number of ether oxygens (including phenoxy) is 1. The summed E-state index contributed by atoms with van der Waals surface area (Å²) in [6, 6.07) is 11.1. The number of hydrogen-bond donors (Lipinski definition) is 1. The van der Waals surface area contributed by atoms with Crippen molar-refractivity contribution in [3.63, 3.8) is 0 Å². The smallest absolute Gasteiger partial charge is 0.198 e. The fourth-order valence-corrected chi connectivity index (χ4v) is 2.03. The fraction of sp³-hybridized carbons (Fsp3) is 0.0625. The molecule has 0 amide bonds. The zero-order valence-corrected chi connectivity index (χ0v) is 10.9. The Morgan fingerprint density at radius 3 is 2.48 bits per heavy atom. The molecule has 3 nitrogen and oxygen atoms in total. The molecule has 0 aliphatic heterocycles. The molecular weight excluding hydrogens is 276 g/mol. The van der Waals surface area contributed by atoms with Gasteiger partial charge in [0.1, 0.15) is 5.75 Å². The van der Waals surface area contributed by atoms with Crippen molar-refractivity contribution in [2.45, 2.75) is 6.61 Å². The van der Waals surface area contributed by atoms with Crippen LogP contribution in [-0.2, 0) is 6.61 Å². The summed E-state index contributed by atoms with van der Waals surface area (Å²) in [5.74, 6) is -2.01. The molecule has 0 aliphatic carbocycles. The van der Waals surface area contributed by atoms with E-state index < -0.39 is 24.0 Å². The highest BCUT2D eigenvalue weighted by Gasteiger charge is 2.14. The molecule has 106 valence electrons. The van der Waals surface area contributed by atoms with Crippen molar-refractivity contribution in [3.8, 4) is 11.5 Å². The second kappa shape index (κ2) is 5.46. The number of pyridine rings is 1. The molecule has 0 bridgehead atoms. The Kier molecular flexibility index (Phi) is 3.50. The maximum Gasteiger partial charge on any atom is 0.198 e. The molecule has 1 aromatic heterocycles. The Hall–Kier alpha value is -2.53. The van der Waals surface area contributed by atoms with Gasteiger partial charge in [0.25, 0.3) is 0 Å². The van der Waals surface area contributed by atoms with Gasteiger partial charge in [0.2, 0.25) is 0 Å². The molecule has 0 fully saturated rings. The van der Waals surface area contributed by atoms with E-state index in [4.69, 9.17) is 9.84 Å². The first-order valence-electron chi connectivity index (χ1n) is 6.29. The molecular formula is C16H11F2NO2. The maximum absolute atomic E-state index is 13.8. The third kappa shape index (κ3) is 2.68. The van der Waals surface area contributed by atoms with Crippen molar-refractivity contribution >= 4 is 10.9 Å². The third-order valence-corrected chi connectivity index (χ3v) is 3.03. The van der Waals surface area contributed by atoms with Crippen LogP contribution in [0.2, 0.25) is 0 Å². The molecule has 0 unspecified atom stereocenters. The number of benzene rings is 2. The van der Waals surface area contributed by atoms with Gasteiger partial charge in [-0.25, -0.2) is 8.78 Å². The van der Waals surface area contributed by atoms with E-state index in [1.807, 2.05) is 24.3 Å². The van der Waals surface area contributed by atoms with Crippen LogP contribution in [-0.4, -0.2) is 10.1 Å². The van der Waals surface area contributed by atoms with Crippen LogP contribution in [0.3, 0.4) is 0 Å². The normalized spacial score (nSPS) is 10.8. The average molecular weight is 287 g/mol. The van der Waals surface area contributed by atoms with E-state index >= 15 is 0 Å². The lowest BCUT2D eigenvalue weighted by Crippen LogP contribution is -1.96. The van der Waals surface area contributed by atoms with Crippen LogP contribution < -0.4 is 4.74 Å². The summed E-state index contributed by atoms with van der Waals surface area (Å²) in [6.45, 7) is -0.439. The van der Waals surface area contributed by atoms with E-state index in [2.05, 4.69) is 4.98 Å². The number of aliphatic hydroxyl groups excluding tert-OH is 1. The molecule has 5 heteroatoms. The SMILES string of the molecule is OCc1cc(F)c(Oc2cnc3ccccc3c2)c(F)c1.